The van der Waals surface area contributed by atoms with E-state index in [9.17, 15) is 0 Å². The predicted molar refractivity (Wildman–Crippen MR) is 75.8 cm³/mol. The van der Waals surface area contributed by atoms with Crippen LogP contribution in [-0.4, -0.2) is 22.4 Å². The van der Waals surface area contributed by atoms with Crippen molar-refractivity contribution >= 4 is 0 Å². The predicted octanol–water partition coefficient (Wildman–Crippen LogP) is 3.57. The largest absolute Gasteiger partial charge is 0.370 e. The van der Waals surface area contributed by atoms with E-state index in [-0.39, 0.29) is 5.92 Å². The van der Waals surface area contributed by atoms with Gasteiger partial charge in [-0.05, 0) is 32.6 Å². The molecule has 1 aliphatic carbocycles. The van der Waals surface area contributed by atoms with E-state index in [2.05, 4.69) is 15.3 Å². The lowest BCUT2D eigenvalue weighted by atomic mass is 10.0. The monoisotopic (exact) mass is 291 g/mol. The fraction of sp³-hybridized carbons (Fsp3) is 0.667. The first-order valence-corrected chi connectivity index (χ1v) is 7.43. The highest BCUT2D eigenvalue weighted by Crippen LogP contribution is 2.41. The summed E-state index contributed by atoms with van der Waals surface area (Å²) in [6.45, 7) is 5.99. The third kappa shape index (κ3) is 2.27. The minimum absolute atomic E-state index is 0.208. The summed E-state index contributed by atoms with van der Waals surface area (Å²) in [6.07, 6.45) is 4.12. The van der Waals surface area contributed by atoms with Crippen molar-refractivity contribution in [3.05, 3.63) is 17.3 Å². The van der Waals surface area contributed by atoms with Gasteiger partial charge in [-0.25, -0.2) is 0 Å². The number of nitrogens with zero attached hydrogens (tertiary/aromatic N) is 3. The summed E-state index contributed by atoms with van der Waals surface area (Å²) in [5.74, 6) is 2.09. The van der Waals surface area contributed by atoms with Crippen LogP contribution < -0.4 is 0 Å². The Balaban J connectivity index is 2.01. The van der Waals surface area contributed by atoms with Crippen LogP contribution in [0.3, 0.4) is 0 Å². The topological polar surface area (TPSA) is 74.2 Å². The van der Waals surface area contributed by atoms with Gasteiger partial charge in [0.1, 0.15) is 11.2 Å². The highest BCUT2D eigenvalue weighted by molar-refractivity contribution is 5.59. The molecule has 114 valence electrons. The number of hydrogen-bond acceptors (Lipinski definition) is 6. The van der Waals surface area contributed by atoms with Crippen molar-refractivity contribution in [2.75, 3.05) is 7.11 Å². The smallest absolute Gasteiger partial charge is 0.263 e. The lowest BCUT2D eigenvalue weighted by Gasteiger charge is -2.22. The molecule has 0 unspecified atom stereocenters. The second-order valence-corrected chi connectivity index (χ2v) is 5.99. The second-order valence-electron chi connectivity index (χ2n) is 5.99. The lowest BCUT2D eigenvalue weighted by Crippen LogP contribution is -2.25. The molecular formula is C15H21N3O3. The van der Waals surface area contributed by atoms with Gasteiger partial charge in [0.25, 0.3) is 5.89 Å². The maximum atomic E-state index is 5.70. The van der Waals surface area contributed by atoms with Gasteiger partial charge in [0.2, 0.25) is 5.82 Å². The summed E-state index contributed by atoms with van der Waals surface area (Å²) in [5, 5.41) is 8.18. The summed E-state index contributed by atoms with van der Waals surface area (Å²) in [6, 6.07) is 0. The van der Waals surface area contributed by atoms with Crippen LogP contribution in [0, 0.1) is 6.92 Å². The zero-order valence-corrected chi connectivity index (χ0v) is 13.0. The minimum atomic E-state index is -0.398. The van der Waals surface area contributed by atoms with E-state index in [4.69, 9.17) is 13.8 Å². The van der Waals surface area contributed by atoms with E-state index in [1.54, 1.807) is 7.11 Å². The molecule has 0 atom stereocenters. The van der Waals surface area contributed by atoms with Gasteiger partial charge in [-0.2, -0.15) is 4.98 Å². The molecule has 1 aliphatic rings. The van der Waals surface area contributed by atoms with Crippen molar-refractivity contribution in [3.8, 4) is 11.5 Å². The Morgan fingerprint density at radius 1 is 1.14 bits per heavy atom. The van der Waals surface area contributed by atoms with Crippen LogP contribution in [0.15, 0.2) is 9.05 Å². The van der Waals surface area contributed by atoms with Crippen LogP contribution in [0.1, 0.15) is 62.7 Å². The van der Waals surface area contributed by atoms with Crippen molar-refractivity contribution in [3.63, 3.8) is 0 Å². The summed E-state index contributed by atoms with van der Waals surface area (Å²) < 4.78 is 16.6. The molecular weight excluding hydrogens is 270 g/mol. The molecule has 0 amide bonds. The number of aromatic nitrogens is 3. The molecule has 0 spiro atoms. The molecule has 3 rings (SSSR count). The maximum absolute atomic E-state index is 5.70. The Morgan fingerprint density at radius 3 is 2.48 bits per heavy atom. The normalized spacial score (nSPS) is 17.8. The Hall–Kier alpha value is -1.69. The maximum Gasteiger partial charge on any atom is 0.263 e. The zero-order chi connectivity index (χ0) is 15.0. The molecule has 0 bridgehead atoms. The SMILES string of the molecule is COC1(c2noc(-c3c(C)noc3C(C)C)n2)CCCC1. The van der Waals surface area contributed by atoms with Crippen molar-refractivity contribution in [1.29, 1.82) is 0 Å². The highest BCUT2D eigenvalue weighted by Gasteiger charge is 2.40. The zero-order valence-electron chi connectivity index (χ0n) is 13.0. The van der Waals surface area contributed by atoms with Gasteiger partial charge in [-0.1, -0.05) is 24.2 Å². The van der Waals surface area contributed by atoms with Crippen molar-refractivity contribution in [2.24, 2.45) is 0 Å². The van der Waals surface area contributed by atoms with E-state index in [0.29, 0.717) is 11.7 Å². The van der Waals surface area contributed by atoms with E-state index in [1.165, 1.54) is 0 Å². The van der Waals surface area contributed by atoms with Crippen molar-refractivity contribution in [1.82, 2.24) is 15.3 Å². The molecule has 2 heterocycles. The van der Waals surface area contributed by atoms with Crippen LogP contribution in [-0.2, 0) is 10.3 Å². The van der Waals surface area contributed by atoms with Gasteiger partial charge in [0.15, 0.2) is 5.76 Å². The third-order valence-corrected chi connectivity index (χ3v) is 4.26. The average molecular weight is 291 g/mol. The molecule has 0 radical (unpaired) electrons. The Kier molecular flexibility index (Phi) is 3.57. The van der Waals surface area contributed by atoms with E-state index in [0.717, 1.165) is 42.7 Å². The lowest BCUT2D eigenvalue weighted by molar-refractivity contribution is -0.0178. The molecule has 21 heavy (non-hydrogen) atoms. The van der Waals surface area contributed by atoms with Crippen molar-refractivity contribution < 1.29 is 13.8 Å². The van der Waals surface area contributed by atoms with Gasteiger partial charge in [0, 0.05) is 13.0 Å². The first-order valence-electron chi connectivity index (χ1n) is 7.43. The van der Waals surface area contributed by atoms with Crippen molar-refractivity contribution in [2.45, 2.75) is 58.0 Å². The number of ether oxygens (including phenoxy) is 1. The first kappa shape index (κ1) is 14.3. The van der Waals surface area contributed by atoms with E-state index < -0.39 is 5.60 Å². The number of rotatable bonds is 4. The molecule has 0 saturated heterocycles. The molecule has 1 saturated carbocycles. The van der Waals surface area contributed by atoms with Crippen LogP contribution >= 0.6 is 0 Å². The Labute approximate surface area is 123 Å². The third-order valence-electron chi connectivity index (χ3n) is 4.26. The standard InChI is InChI=1S/C15H21N3O3/c1-9(2)12-11(10(3)17-20-12)13-16-14(18-21-13)15(19-4)7-5-6-8-15/h9H,5-8H2,1-4H3. The molecule has 0 aliphatic heterocycles. The van der Waals surface area contributed by atoms with Gasteiger partial charge in [-0.15, -0.1) is 0 Å². The van der Waals surface area contributed by atoms with Crippen LogP contribution in [0.5, 0.6) is 0 Å². The molecule has 0 aromatic carbocycles. The quantitative estimate of drug-likeness (QED) is 0.857. The highest BCUT2D eigenvalue weighted by atomic mass is 16.5. The molecule has 6 nitrogen and oxygen atoms in total. The van der Waals surface area contributed by atoms with Crippen LogP contribution in [0.2, 0.25) is 0 Å². The minimum Gasteiger partial charge on any atom is -0.370 e. The van der Waals surface area contributed by atoms with E-state index in [1.807, 2.05) is 20.8 Å². The number of aryl methyl sites for hydroxylation is 1. The fourth-order valence-corrected chi connectivity index (χ4v) is 3.02. The molecule has 1 fully saturated rings. The number of methoxy groups -OCH3 is 1. The summed E-state index contributed by atoms with van der Waals surface area (Å²) in [5.41, 5.74) is 1.19. The number of hydrogen-bond donors (Lipinski definition) is 0. The second kappa shape index (κ2) is 5.26. The van der Waals surface area contributed by atoms with Crippen LogP contribution in [0.25, 0.3) is 11.5 Å². The summed E-state index contributed by atoms with van der Waals surface area (Å²) in [7, 11) is 1.71. The molecule has 6 heteroatoms. The first-order chi connectivity index (χ1) is 10.1. The molecule has 0 N–H and O–H groups in total. The van der Waals surface area contributed by atoms with Gasteiger partial charge >= 0.3 is 0 Å². The Bertz CT molecular complexity index is 624. The Morgan fingerprint density at radius 2 is 1.86 bits per heavy atom. The summed E-state index contributed by atoms with van der Waals surface area (Å²) in [4.78, 5) is 4.58. The van der Waals surface area contributed by atoms with E-state index >= 15 is 0 Å². The summed E-state index contributed by atoms with van der Waals surface area (Å²) >= 11 is 0. The van der Waals surface area contributed by atoms with Gasteiger partial charge in [0.05, 0.1) is 5.69 Å². The average Bonchev–Trinajstić information content (AvgIpc) is 3.16. The van der Waals surface area contributed by atoms with Gasteiger partial charge < -0.3 is 13.8 Å². The van der Waals surface area contributed by atoms with Gasteiger partial charge in [-0.3, -0.25) is 0 Å². The fourth-order valence-electron chi connectivity index (χ4n) is 3.02. The van der Waals surface area contributed by atoms with Crippen LogP contribution in [0.4, 0.5) is 0 Å². The molecule has 2 aromatic heterocycles. The molecule has 2 aromatic rings.